The molecule has 4 heteroatoms. The molecule has 0 fully saturated rings. The second-order valence-corrected chi connectivity index (χ2v) is 11.5. The fourth-order valence-corrected chi connectivity index (χ4v) is 6.73. The Hall–Kier alpha value is -6.26. The molecule has 0 amide bonds. The Labute approximate surface area is 265 Å². The van der Waals surface area contributed by atoms with Gasteiger partial charge in [-0.25, -0.2) is 9.97 Å². The first-order valence-corrected chi connectivity index (χ1v) is 15.3. The van der Waals surface area contributed by atoms with Crippen LogP contribution in [0.3, 0.4) is 0 Å². The topological polar surface area (TPSA) is 52.1 Å². The van der Waals surface area contributed by atoms with E-state index in [9.17, 15) is 0 Å². The van der Waals surface area contributed by atoms with E-state index in [1.165, 1.54) is 67.4 Å². The first kappa shape index (κ1) is 26.2. The Morgan fingerprint density at radius 2 is 0.870 bits per heavy atom. The summed E-state index contributed by atoms with van der Waals surface area (Å²) in [5.41, 5.74) is 10.6. The number of oxazole rings is 2. The summed E-state index contributed by atoms with van der Waals surface area (Å²) in [6.07, 6.45) is 6.34. The number of hydrogen-bond donors (Lipinski definition) is 0. The molecule has 0 unspecified atom stereocenters. The highest BCUT2D eigenvalue weighted by Gasteiger charge is 2.19. The molecule has 9 aromatic rings. The van der Waals surface area contributed by atoms with E-state index in [2.05, 4.69) is 143 Å². The molecule has 0 aliphatic rings. The van der Waals surface area contributed by atoms with Gasteiger partial charge in [-0.3, -0.25) is 0 Å². The van der Waals surface area contributed by atoms with Crippen LogP contribution in [0.4, 0.5) is 0 Å². The summed E-state index contributed by atoms with van der Waals surface area (Å²) in [6, 6.07) is 48.0. The monoisotopic (exact) mass is 590 g/mol. The van der Waals surface area contributed by atoms with E-state index in [1.807, 2.05) is 0 Å². The van der Waals surface area contributed by atoms with E-state index >= 15 is 0 Å². The minimum Gasteiger partial charge on any atom is -0.451 e. The molecule has 2 heterocycles. The molecule has 0 N–H and O–H groups in total. The Bertz CT molecular complexity index is 2530. The van der Waals surface area contributed by atoms with Gasteiger partial charge in [0.2, 0.25) is 0 Å². The van der Waals surface area contributed by atoms with E-state index in [-0.39, 0.29) is 0 Å². The summed E-state index contributed by atoms with van der Waals surface area (Å²) in [5.74, 6) is 0. The Morgan fingerprint density at radius 1 is 0.348 bits per heavy atom. The standard InChI is InChI=1S/C42H26N2O2/c1-2-8-28-19-29(16-15-27(28)7-1)30-17-18-37-38(22-30)42(34-12-6-10-32(21-34)40-24-46-26-44-40)36-14-4-3-13-35(36)41(37)33-11-5-9-31(20-33)39-23-45-25-43-39/h1-26H. The lowest BCUT2D eigenvalue weighted by Crippen LogP contribution is -1.92. The molecule has 216 valence electrons. The van der Waals surface area contributed by atoms with Crippen molar-refractivity contribution in [1.82, 2.24) is 9.97 Å². The van der Waals surface area contributed by atoms with Crippen molar-refractivity contribution < 1.29 is 8.83 Å². The number of benzene rings is 7. The Balaban J connectivity index is 1.36. The van der Waals surface area contributed by atoms with E-state index in [1.54, 1.807) is 12.5 Å². The van der Waals surface area contributed by atoms with Crippen molar-refractivity contribution in [2.24, 2.45) is 0 Å². The maximum absolute atomic E-state index is 5.33. The van der Waals surface area contributed by atoms with Crippen LogP contribution in [0, 0.1) is 0 Å². The van der Waals surface area contributed by atoms with Crippen molar-refractivity contribution in [2.45, 2.75) is 0 Å². The van der Waals surface area contributed by atoms with Crippen molar-refractivity contribution >= 4 is 32.3 Å². The third-order valence-corrected chi connectivity index (χ3v) is 8.87. The minimum absolute atomic E-state index is 0.814. The van der Waals surface area contributed by atoms with Gasteiger partial charge in [-0.2, -0.15) is 0 Å². The molecule has 7 aromatic carbocycles. The van der Waals surface area contributed by atoms with Crippen molar-refractivity contribution in [2.75, 3.05) is 0 Å². The largest absolute Gasteiger partial charge is 0.451 e. The number of aromatic nitrogens is 2. The molecule has 4 nitrogen and oxygen atoms in total. The predicted octanol–water partition coefficient (Wildman–Crippen LogP) is 11.5. The smallest absolute Gasteiger partial charge is 0.181 e. The first-order chi connectivity index (χ1) is 22.8. The second-order valence-electron chi connectivity index (χ2n) is 11.5. The van der Waals surface area contributed by atoms with Crippen LogP contribution in [0.25, 0.3) is 88.2 Å². The number of rotatable bonds is 5. The van der Waals surface area contributed by atoms with Crippen LogP contribution in [0.5, 0.6) is 0 Å². The maximum Gasteiger partial charge on any atom is 0.181 e. The molecule has 0 aliphatic carbocycles. The van der Waals surface area contributed by atoms with Crippen LogP contribution in [-0.4, -0.2) is 9.97 Å². The number of fused-ring (bicyclic) bond motifs is 3. The fraction of sp³-hybridized carbons (Fsp3) is 0. The molecule has 0 saturated heterocycles. The fourth-order valence-electron chi connectivity index (χ4n) is 6.73. The highest BCUT2D eigenvalue weighted by atomic mass is 16.3. The molecule has 0 spiro atoms. The normalized spacial score (nSPS) is 11.5. The number of hydrogen-bond acceptors (Lipinski definition) is 4. The molecule has 2 aromatic heterocycles. The van der Waals surface area contributed by atoms with E-state index in [0.29, 0.717) is 0 Å². The third-order valence-electron chi connectivity index (χ3n) is 8.87. The van der Waals surface area contributed by atoms with Gasteiger partial charge in [-0.1, -0.05) is 109 Å². The number of nitrogens with zero attached hydrogens (tertiary/aromatic N) is 2. The van der Waals surface area contributed by atoms with Gasteiger partial charge < -0.3 is 8.83 Å². The molecule has 0 saturated carbocycles. The van der Waals surface area contributed by atoms with Crippen LogP contribution >= 0.6 is 0 Å². The van der Waals surface area contributed by atoms with Crippen molar-refractivity contribution in [1.29, 1.82) is 0 Å². The van der Waals surface area contributed by atoms with E-state index in [0.717, 1.165) is 33.6 Å². The summed E-state index contributed by atoms with van der Waals surface area (Å²) in [6.45, 7) is 0. The zero-order valence-corrected chi connectivity index (χ0v) is 24.7. The summed E-state index contributed by atoms with van der Waals surface area (Å²) >= 11 is 0. The molecule has 0 atom stereocenters. The molecule has 0 bridgehead atoms. The maximum atomic E-state index is 5.33. The van der Waals surface area contributed by atoms with Gasteiger partial charge >= 0.3 is 0 Å². The van der Waals surface area contributed by atoms with Gasteiger partial charge in [0, 0.05) is 11.1 Å². The second kappa shape index (κ2) is 10.7. The van der Waals surface area contributed by atoms with Crippen LogP contribution in [0.15, 0.2) is 168 Å². The minimum atomic E-state index is 0.814. The van der Waals surface area contributed by atoms with Crippen LogP contribution in [-0.2, 0) is 0 Å². The van der Waals surface area contributed by atoms with E-state index < -0.39 is 0 Å². The Morgan fingerprint density at radius 3 is 1.50 bits per heavy atom. The Kier molecular flexibility index (Phi) is 6.10. The molecule has 0 aliphatic heterocycles. The van der Waals surface area contributed by atoms with Gasteiger partial charge in [0.1, 0.15) is 23.9 Å². The molecule has 0 radical (unpaired) electrons. The van der Waals surface area contributed by atoms with Gasteiger partial charge in [-0.05, 0) is 90.0 Å². The third kappa shape index (κ3) is 4.39. The SMILES string of the molecule is c1cc(-c2cocn2)cc(-c2c3ccccc3c(-c3cccc(-c4cocn4)c3)c3cc(-c4ccc5ccccc5c4)ccc23)c1. The molecule has 46 heavy (non-hydrogen) atoms. The lowest BCUT2D eigenvalue weighted by atomic mass is 9.84. The quantitative estimate of drug-likeness (QED) is 0.187. The molecular formula is C42H26N2O2. The highest BCUT2D eigenvalue weighted by Crippen LogP contribution is 2.46. The average molecular weight is 591 g/mol. The summed E-state index contributed by atoms with van der Waals surface area (Å²) in [7, 11) is 0. The van der Waals surface area contributed by atoms with Crippen LogP contribution in [0.1, 0.15) is 0 Å². The van der Waals surface area contributed by atoms with Gasteiger partial charge in [0.25, 0.3) is 0 Å². The van der Waals surface area contributed by atoms with Crippen molar-refractivity contribution in [3.05, 3.63) is 159 Å². The lowest BCUT2D eigenvalue weighted by molar-refractivity contribution is 0.558. The van der Waals surface area contributed by atoms with Crippen LogP contribution in [0.2, 0.25) is 0 Å². The molecular weight excluding hydrogens is 564 g/mol. The van der Waals surface area contributed by atoms with Gasteiger partial charge in [0.05, 0.1) is 0 Å². The van der Waals surface area contributed by atoms with Gasteiger partial charge in [0.15, 0.2) is 12.8 Å². The highest BCUT2D eigenvalue weighted by molar-refractivity contribution is 6.22. The van der Waals surface area contributed by atoms with Gasteiger partial charge in [-0.15, -0.1) is 0 Å². The summed E-state index contributed by atoms with van der Waals surface area (Å²) in [5, 5.41) is 7.20. The predicted molar refractivity (Wildman–Crippen MR) is 186 cm³/mol. The molecule has 9 rings (SSSR count). The van der Waals surface area contributed by atoms with Crippen molar-refractivity contribution in [3.8, 4) is 55.9 Å². The summed E-state index contributed by atoms with van der Waals surface area (Å²) in [4.78, 5) is 8.85. The lowest BCUT2D eigenvalue weighted by Gasteiger charge is -2.19. The summed E-state index contributed by atoms with van der Waals surface area (Å²) < 4.78 is 10.6. The van der Waals surface area contributed by atoms with Crippen molar-refractivity contribution in [3.63, 3.8) is 0 Å². The van der Waals surface area contributed by atoms with Crippen LogP contribution < -0.4 is 0 Å². The zero-order chi connectivity index (χ0) is 30.5. The zero-order valence-electron chi connectivity index (χ0n) is 24.7. The van der Waals surface area contributed by atoms with E-state index in [4.69, 9.17) is 8.83 Å². The average Bonchev–Trinajstić information content (AvgIpc) is 3.86. The first-order valence-electron chi connectivity index (χ1n) is 15.3.